The molecule has 11 nitrogen and oxygen atoms in total. The smallest absolute Gasteiger partial charge is 0.262 e. The molecule has 0 aliphatic carbocycles. The second-order valence-electron chi connectivity index (χ2n) is 10.7. The molecule has 0 bridgehead atoms. The van der Waals surface area contributed by atoms with Crippen molar-refractivity contribution in [3.8, 4) is 23.0 Å². The van der Waals surface area contributed by atoms with Gasteiger partial charge in [0.25, 0.3) is 5.56 Å². The van der Waals surface area contributed by atoms with Crippen LogP contribution < -0.4 is 35.1 Å². The van der Waals surface area contributed by atoms with E-state index in [1.807, 2.05) is 42.5 Å². The summed E-state index contributed by atoms with van der Waals surface area (Å²) >= 11 is 1.21. The highest BCUT2D eigenvalue weighted by Gasteiger charge is 2.20. The van der Waals surface area contributed by atoms with Crippen molar-refractivity contribution in [1.82, 2.24) is 14.9 Å². The van der Waals surface area contributed by atoms with E-state index in [2.05, 4.69) is 17.6 Å². The number of fused-ring (bicyclic) bond motifs is 3. The van der Waals surface area contributed by atoms with E-state index in [0.717, 1.165) is 18.4 Å². The number of aryl methyl sites for hydroxylation is 1. The molecule has 0 atom stereocenters. The largest absolute Gasteiger partial charge is 0.454 e. The quantitative estimate of drug-likeness (QED) is 0.119. The molecule has 1 aromatic heterocycles. The van der Waals surface area contributed by atoms with Gasteiger partial charge < -0.3 is 29.6 Å². The number of carbonyl (C=O) groups excluding carboxylic acids is 2. The van der Waals surface area contributed by atoms with E-state index >= 15 is 0 Å². The molecule has 234 valence electrons. The Morgan fingerprint density at radius 1 is 0.844 bits per heavy atom. The Balaban J connectivity index is 1.06. The first-order valence-electron chi connectivity index (χ1n) is 15.0. The molecule has 0 saturated heterocycles. The molecule has 0 saturated carbocycles. The van der Waals surface area contributed by atoms with Crippen LogP contribution in [0.15, 0.2) is 64.5 Å². The molecule has 45 heavy (non-hydrogen) atoms. The SMILES string of the molecule is CCc1ccc(NC(=O)CSc2nc3cc4c(cc3c(=O)n2CCCCCC(=O)NCc2ccc3c(c2)OCO3)OCO4)cc1. The average Bonchev–Trinajstić information content (AvgIpc) is 3.72. The van der Waals surface area contributed by atoms with E-state index in [1.165, 1.54) is 17.3 Å². The Bertz CT molecular complexity index is 1770. The van der Waals surface area contributed by atoms with Gasteiger partial charge >= 0.3 is 0 Å². The molecule has 2 amide bonds. The molecular weight excluding hydrogens is 596 g/mol. The molecule has 2 aliphatic heterocycles. The van der Waals surface area contributed by atoms with Crippen LogP contribution in [-0.2, 0) is 29.1 Å². The minimum Gasteiger partial charge on any atom is -0.454 e. The van der Waals surface area contributed by atoms with Crippen molar-refractivity contribution in [3.63, 3.8) is 0 Å². The van der Waals surface area contributed by atoms with Crippen LogP contribution in [0, 0.1) is 0 Å². The lowest BCUT2D eigenvalue weighted by Crippen LogP contribution is -2.25. The lowest BCUT2D eigenvalue weighted by Gasteiger charge is -2.14. The van der Waals surface area contributed by atoms with Crippen molar-refractivity contribution in [2.45, 2.75) is 57.3 Å². The number of hydrogen-bond donors (Lipinski definition) is 2. The molecule has 2 aliphatic rings. The number of carbonyl (C=O) groups is 2. The van der Waals surface area contributed by atoms with Crippen LogP contribution in [0.3, 0.4) is 0 Å². The number of amides is 2. The van der Waals surface area contributed by atoms with Gasteiger partial charge in [-0.2, -0.15) is 0 Å². The topological polar surface area (TPSA) is 130 Å². The van der Waals surface area contributed by atoms with Crippen molar-refractivity contribution in [3.05, 3.63) is 76.1 Å². The van der Waals surface area contributed by atoms with Crippen LogP contribution in [0.25, 0.3) is 10.9 Å². The first-order chi connectivity index (χ1) is 22.0. The minimum atomic E-state index is -0.210. The Morgan fingerprint density at radius 3 is 2.33 bits per heavy atom. The number of nitrogens with zero attached hydrogens (tertiary/aromatic N) is 2. The summed E-state index contributed by atoms with van der Waals surface area (Å²) in [6.07, 6.45) is 3.37. The van der Waals surface area contributed by atoms with Gasteiger partial charge in [0.2, 0.25) is 25.4 Å². The second kappa shape index (κ2) is 13.9. The maximum Gasteiger partial charge on any atom is 0.262 e. The third kappa shape index (κ3) is 7.34. The van der Waals surface area contributed by atoms with E-state index < -0.39 is 0 Å². The fourth-order valence-corrected chi connectivity index (χ4v) is 5.95. The number of rotatable bonds is 13. The summed E-state index contributed by atoms with van der Waals surface area (Å²) in [4.78, 5) is 43.6. The van der Waals surface area contributed by atoms with Crippen molar-refractivity contribution in [1.29, 1.82) is 0 Å². The van der Waals surface area contributed by atoms with Crippen molar-refractivity contribution >= 4 is 40.2 Å². The van der Waals surface area contributed by atoms with Crippen LogP contribution in [0.1, 0.15) is 43.7 Å². The molecule has 0 radical (unpaired) electrons. The van der Waals surface area contributed by atoms with Gasteiger partial charge in [0.15, 0.2) is 28.2 Å². The molecule has 2 N–H and O–H groups in total. The van der Waals surface area contributed by atoms with Gasteiger partial charge in [-0.15, -0.1) is 0 Å². The summed E-state index contributed by atoms with van der Waals surface area (Å²) in [6, 6.07) is 16.7. The standard InChI is InChI=1S/C33H34N4O7S/c1-2-21-7-10-23(11-8-21)35-31(39)18-45-33-36-25-16-29-28(43-20-44-29)15-24(25)32(40)37(33)13-5-3-4-6-30(38)34-17-22-9-12-26-27(14-22)42-19-41-26/h7-12,14-16H,2-6,13,17-20H2,1H3,(H,34,38)(H,35,39). The summed E-state index contributed by atoms with van der Waals surface area (Å²) in [5.74, 6) is 2.29. The Kier molecular flexibility index (Phi) is 9.39. The zero-order valence-electron chi connectivity index (χ0n) is 24.9. The highest BCUT2D eigenvalue weighted by molar-refractivity contribution is 7.99. The lowest BCUT2D eigenvalue weighted by molar-refractivity contribution is -0.121. The fourth-order valence-electron chi connectivity index (χ4n) is 5.12. The van der Waals surface area contributed by atoms with Crippen LogP contribution in [0.5, 0.6) is 23.0 Å². The highest BCUT2D eigenvalue weighted by atomic mass is 32.2. The molecule has 12 heteroatoms. The van der Waals surface area contributed by atoms with Gasteiger partial charge in [0.1, 0.15) is 0 Å². The van der Waals surface area contributed by atoms with Crippen molar-refractivity contribution in [2.24, 2.45) is 0 Å². The van der Waals surface area contributed by atoms with Gasteiger partial charge in [0, 0.05) is 31.3 Å². The average molecular weight is 631 g/mol. The summed E-state index contributed by atoms with van der Waals surface area (Å²) in [5.41, 5.74) is 3.12. The van der Waals surface area contributed by atoms with Gasteiger partial charge in [0.05, 0.1) is 16.7 Å². The van der Waals surface area contributed by atoms with Gasteiger partial charge in [-0.05, 0) is 60.7 Å². The molecular formula is C33H34N4O7S. The number of nitrogens with one attached hydrogen (secondary N) is 2. The maximum absolute atomic E-state index is 13.6. The molecule has 6 rings (SSSR count). The van der Waals surface area contributed by atoms with E-state index in [-0.39, 0.29) is 36.7 Å². The van der Waals surface area contributed by atoms with Crippen LogP contribution in [-0.4, -0.2) is 40.7 Å². The number of hydrogen-bond acceptors (Lipinski definition) is 9. The van der Waals surface area contributed by atoms with Crippen LogP contribution in [0.4, 0.5) is 5.69 Å². The van der Waals surface area contributed by atoms with Crippen LogP contribution in [0.2, 0.25) is 0 Å². The van der Waals surface area contributed by atoms with Crippen molar-refractivity contribution in [2.75, 3.05) is 24.7 Å². The van der Waals surface area contributed by atoms with Crippen LogP contribution >= 0.6 is 11.8 Å². The van der Waals surface area contributed by atoms with E-state index in [1.54, 1.807) is 16.7 Å². The Morgan fingerprint density at radius 2 is 1.56 bits per heavy atom. The zero-order chi connectivity index (χ0) is 31.2. The molecule has 3 heterocycles. The number of benzene rings is 3. The van der Waals surface area contributed by atoms with E-state index in [9.17, 15) is 14.4 Å². The molecule has 0 fully saturated rings. The third-order valence-electron chi connectivity index (χ3n) is 7.60. The number of thioether (sulfide) groups is 1. The Labute approximate surface area is 264 Å². The number of ether oxygens (including phenoxy) is 4. The van der Waals surface area contributed by atoms with Gasteiger partial charge in [-0.1, -0.05) is 43.3 Å². The fraction of sp³-hybridized carbons (Fsp3) is 0.333. The summed E-state index contributed by atoms with van der Waals surface area (Å²) in [6.45, 7) is 3.18. The van der Waals surface area contributed by atoms with Gasteiger partial charge in [-0.25, -0.2) is 4.98 Å². The third-order valence-corrected chi connectivity index (χ3v) is 8.58. The number of aromatic nitrogens is 2. The monoisotopic (exact) mass is 630 g/mol. The highest BCUT2D eigenvalue weighted by Crippen LogP contribution is 2.35. The lowest BCUT2D eigenvalue weighted by atomic mass is 10.1. The predicted octanol–water partition coefficient (Wildman–Crippen LogP) is 5.02. The normalized spacial score (nSPS) is 12.8. The number of unbranched alkanes of at least 4 members (excludes halogenated alkanes) is 2. The Hall–Kier alpha value is -4.71. The summed E-state index contributed by atoms with van der Waals surface area (Å²) < 4.78 is 23.3. The summed E-state index contributed by atoms with van der Waals surface area (Å²) in [7, 11) is 0. The predicted molar refractivity (Wildman–Crippen MR) is 170 cm³/mol. The second-order valence-corrected chi connectivity index (χ2v) is 11.7. The first-order valence-corrected chi connectivity index (χ1v) is 16.0. The molecule has 0 spiro atoms. The molecule has 3 aromatic carbocycles. The van der Waals surface area contributed by atoms with E-state index in [0.29, 0.717) is 77.1 Å². The van der Waals surface area contributed by atoms with Gasteiger partial charge in [-0.3, -0.25) is 19.0 Å². The zero-order valence-corrected chi connectivity index (χ0v) is 25.7. The summed E-state index contributed by atoms with van der Waals surface area (Å²) in [5, 5.41) is 6.73. The van der Waals surface area contributed by atoms with Crippen molar-refractivity contribution < 1.29 is 28.5 Å². The molecule has 4 aromatic rings. The minimum absolute atomic E-state index is 0.0418. The van der Waals surface area contributed by atoms with E-state index in [4.69, 9.17) is 23.9 Å². The molecule has 0 unspecified atom stereocenters. The maximum atomic E-state index is 13.6. The first kappa shape index (κ1) is 30.3. The number of anilines is 1.